The van der Waals surface area contributed by atoms with Gasteiger partial charge in [0.15, 0.2) is 0 Å². The minimum Gasteiger partial charge on any atom is -0.392 e. The average molecular weight is 290 g/mol. The van der Waals surface area contributed by atoms with Crippen molar-refractivity contribution in [3.05, 3.63) is 69.7 Å². The predicted octanol–water partition coefficient (Wildman–Crippen LogP) is 3.07. The third kappa shape index (κ3) is 3.59. The van der Waals surface area contributed by atoms with Crippen LogP contribution in [0.25, 0.3) is 0 Å². The van der Waals surface area contributed by atoms with Gasteiger partial charge in [-0.1, -0.05) is 41.9 Å². The molecule has 2 aromatic carbocycles. The van der Waals surface area contributed by atoms with Crippen LogP contribution in [0, 0.1) is 6.92 Å². The molecule has 0 radical (unpaired) electrons. The molecule has 0 aromatic heterocycles. The van der Waals surface area contributed by atoms with Gasteiger partial charge in [-0.05, 0) is 35.7 Å². The maximum Gasteiger partial charge on any atom is 0.253 e. The minimum atomic E-state index is -0.193. The Morgan fingerprint density at radius 1 is 1.15 bits per heavy atom. The van der Waals surface area contributed by atoms with Gasteiger partial charge in [-0.3, -0.25) is 4.79 Å². The summed E-state index contributed by atoms with van der Waals surface area (Å²) < 4.78 is 0. The maximum absolute atomic E-state index is 12.0. The fourth-order valence-corrected chi connectivity index (χ4v) is 2.17. The highest BCUT2D eigenvalue weighted by atomic mass is 35.5. The van der Waals surface area contributed by atoms with Gasteiger partial charge in [0.05, 0.1) is 17.2 Å². The fraction of sp³-hybridized carbons (Fsp3) is 0.188. The number of hydrogen-bond acceptors (Lipinski definition) is 2. The molecule has 0 unspecified atom stereocenters. The van der Waals surface area contributed by atoms with Crippen LogP contribution < -0.4 is 5.32 Å². The van der Waals surface area contributed by atoms with Crippen molar-refractivity contribution in [2.75, 3.05) is 0 Å². The molecular weight excluding hydrogens is 274 g/mol. The molecule has 0 aliphatic carbocycles. The Labute approximate surface area is 123 Å². The van der Waals surface area contributed by atoms with E-state index >= 15 is 0 Å². The average Bonchev–Trinajstić information content (AvgIpc) is 2.45. The summed E-state index contributed by atoms with van der Waals surface area (Å²) in [6, 6.07) is 12.8. The van der Waals surface area contributed by atoms with E-state index in [1.807, 2.05) is 37.3 Å². The topological polar surface area (TPSA) is 49.3 Å². The second-order valence-corrected chi connectivity index (χ2v) is 5.05. The van der Waals surface area contributed by atoms with Gasteiger partial charge in [0, 0.05) is 6.54 Å². The summed E-state index contributed by atoms with van der Waals surface area (Å²) >= 11 is 6.06. The molecule has 0 saturated heterocycles. The number of hydrogen-bond donors (Lipinski definition) is 2. The number of aryl methyl sites for hydroxylation is 1. The Morgan fingerprint density at radius 3 is 2.40 bits per heavy atom. The summed E-state index contributed by atoms with van der Waals surface area (Å²) in [5, 5.41) is 12.2. The van der Waals surface area contributed by atoms with Crippen molar-refractivity contribution in [1.29, 1.82) is 0 Å². The third-order valence-electron chi connectivity index (χ3n) is 3.03. The summed E-state index contributed by atoms with van der Waals surface area (Å²) in [5.41, 5.74) is 3.32. The standard InChI is InChI=1S/C16H16ClNO2/c1-11-2-7-14(15(17)8-11)16(20)18-9-12-3-5-13(10-19)6-4-12/h2-8,19H,9-10H2,1H3,(H,18,20). The van der Waals surface area contributed by atoms with E-state index in [0.717, 1.165) is 16.7 Å². The van der Waals surface area contributed by atoms with E-state index in [9.17, 15) is 4.79 Å². The second kappa shape index (κ2) is 6.55. The van der Waals surface area contributed by atoms with E-state index < -0.39 is 0 Å². The lowest BCUT2D eigenvalue weighted by atomic mass is 10.1. The maximum atomic E-state index is 12.0. The molecular formula is C16H16ClNO2. The van der Waals surface area contributed by atoms with Crippen molar-refractivity contribution in [1.82, 2.24) is 5.32 Å². The molecule has 2 aromatic rings. The van der Waals surface area contributed by atoms with Crippen LogP contribution in [0.1, 0.15) is 27.0 Å². The van der Waals surface area contributed by atoms with Crippen LogP contribution in [0.15, 0.2) is 42.5 Å². The lowest BCUT2D eigenvalue weighted by Crippen LogP contribution is -2.23. The lowest BCUT2D eigenvalue weighted by Gasteiger charge is -2.08. The van der Waals surface area contributed by atoms with Gasteiger partial charge in [-0.2, -0.15) is 0 Å². The SMILES string of the molecule is Cc1ccc(C(=O)NCc2ccc(CO)cc2)c(Cl)c1. The van der Waals surface area contributed by atoms with Crippen molar-refractivity contribution in [3.63, 3.8) is 0 Å². The van der Waals surface area contributed by atoms with Crippen molar-refractivity contribution in [2.45, 2.75) is 20.1 Å². The summed E-state index contributed by atoms with van der Waals surface area (Å²) in [4.78, 5) is 12.0. The summed E-state index contributed by atoms with van der Waals surface area (Å²) in [6.45, 7) is 2.37. The van der Waals surface area contributed by atoms with Crippen LogP contribution in [0.3, 0.4) is 0 Å². The first kappa shape index (κ1) is 14.6. The van der Waals surface area contributed by atoms with Crippen LogP contribution in [0.2, 0.25) is 5.02 Å². The van der Waals surface area contributed by atoms with Gasteiger partial charge in [0.2, 0.25) is 0 Å². The van der Waals surface area contributed by atoms with E-state index in [1.54, 1.807) is 12.1 Å². The van der Waals surface area contributed by atoms with Crippen molar-refractivity contribution < 1.29 is 9.90 Å². The van der Waals surface area contributed by atoms with Gasteiger partial charge >= 0.3 is 0 Å². The highest BCUT2D eigenvalue weighted by Crippen LogP contribution is 2.17. The zero-order chi connectivity index (χ0) is 14.5. The largest absolute Gasteiger partial charge is 0.392 e. The number of carbonyl (C=O) groups excluding carboxylic acids is 1. The summed E-state index contributed by atoms with van der Waals surface area (Å²) in [5.74, 6) is -0.193. The van der Waals surface area contributed by atoms with E-state index in [1.165, 1.54) is 0 Å². The number of amides is 1. The molecule has 0 aliphatic heterocycles. The van der Waals surface area contributed by atoms with Crippen LogP contribution in [-0.4, -0.2) is 11.0 Å². The molecule has 20 heavy (non-hydrogen) atoms. The molecule has 4 heteroatoms. The van der Waals surface area contributed by atoms with Gasteiger partial charge in [-0.15, -0.1) is 0 Å². The molecule has 3 nitrogen and oxygen atoms in total. The molecule has 104 valence electrons. The zero-order valence-electron chi connectivity index (χ0n) is 11.2. The van der Waals surface area contributed by atoms with Crippen LogP contribution in [0.4, 0.5) is 0 Å². The van der Waals surface area contributed by atoms with Gasteiger partial charge < -0.3 is 10.4 Å². The van der Waals surface area contributed by atoms with Crippen molar-refractivity contribution >= 4 is 17.5 Å². The lowest BCUT2D eigenvalue weighted by molar-refractivity contribution is 0.0951. The normalized spacial score (nSPS) is 10.3. The number of halogens is 1. The van der Waals surface area contributed by atoms with Crippen LogP contribution in [0.5, 0.6) is 0 Å². The highest BCUT2D eigenvalue weighted by molar-refractivity contribution is 6.33. The van der Waals surface area contributed by atoms with E-state index in [4.69, 9.17) is 16.7 Å². The smallest absolute Gasteiger partial charge is 0.253 e. The number of rotatable bonds is 4. The Morgan fingerprint density at radius 2 is 1.80 bits per heavy atom. The molecule has 2 rings (SSSR count). The van der Waals surface area contributed by atoms with Crippen LogP contribution >= 0.6 is 11.6 Å². The zero-order valence-corrected chi connectivity index (χ0v) is 11.9. The molecule has 2 N–H and O–H groups in total. The molecule has 0 bridgehead atoms. The van der Waals surface area contributed by atoms with Gasteiger partial charge in [0.25, 0.3) is 5.91 Å². The number of nitrogens with one attached hydrogen (secondary N) is 1. The number of carbonyl (C=O) groups is 1. The van der Waals surface area contributed by atoms with E-state index in [0.29, 0.717) is 17.1 Å². The quantitative estimate of drug-likeness (QED) is 0.909. The number of aliphatic hydroxyl groups excluding tert-OH is 1. The van der Waals surface area contributed by atoms with E-state index in [-0.39, 0.29) is 12.5 Å². The molecule has 1 amide bonds. The molecule has 0 heterocycles. The first-order chi connectivity index (χ1) is 9.60. The summed E-state index contributed by atoms with van der Waals surface area (Å²) in [6.07, 6.45) is 0. The number of benzene rings is 2. The first-order valence-corrected chi connectivity index (χ1v) is 6.71. The van der Waals surface area contributed by atoms with Crippen molar-refractivity contribution in [3.8, 4) is 0 Å². The fourth-order valence-electron chi connectivity index (χ4n) is 1.84. The molecule has 0 spiro atoms. The monoisotopic (exact) mass is 289 g/mol. The van der Waals surface area contributed by atoms with Gasteiger partial charge in [0.1, 0.15) is 0 Å². The first-order valence-electron chi connectivity index (χ1n) is 6.33. The van der Waals surface area contributed by atoms with Crippen molar-refractivity contribution in [2.24, 2.45) is 0 Å². The molecule has 0 fully saturated rings. The number of aliphatic hydroxyl groups is 1. The highest BCUT2D eigenvalue weighted by Gasteiger charge is 2.09. The minimum absolute atomic E-state index is 0.0195. The Bertz CT molecular complexity index is 608. The molecule has 0 saturated carbocycles. The summed E-state index contributed by atoms with van der Waals surface area (Å²) in [7, 11) is 0. The Kier molecular flexibility index (Phi) is 4.77. The second-order valence-electron chi connectivity index (χ2n) is 4.64. The Balaban J connectivity index is 2.00. The van der Waals surface area contributed by atoms with E-state index in [2.05, 4.69) is 5.32 Å². The predicted molar refractivity (Wildman–Crippen MR) is 79.7 cm³/mol. The molecule has 0 atom stereocenters. The van der Waals surface area contributed by atoms with Crippen LogP contribution in [-0.2, 0) is 13.2 Å². The van der Waals surface area contributed by atoms with Gasteiger partial charge in [-0.25, -0.2) is 0 Å². The third-order valence-corrected chi connectivity index (χ3v) is 3.34. The molecule has 0 aliphatic rings. The Hall–Kier alpha value is -1.84.